The van der Waals surface area contributed by atoms with Crippen molar-refractivity contribution in [3.05, 3.63) is 24.8 Å². The molecular weight excluding hydrogens is 178 g/mol. The van der Waals surface area contributed by atoms with Gasteiger partial charge in [-0.2, -0.15) is 0 Å². The van der Waals surface area contributed by atoms with E-state index in [2.05, 4.69) is 6.58 Å². The Morgan fingerprint density at radius 3 is 2.86 bits per heavy atom. The van der Waals surface area contributed by atoms with Crippen LogP contribution in [0, 0.1) is 0 Å². The van der Waals surface area contributed by atoms with Gasteiger partial charge in [0.2, 0.25) is 0 Å². The molecule has 0 atom stereocenters. The molecule has 0 aliphatic heterocycles. The van der Waals surface area contributed by atoms with Gasteiger partial charge in [0.05, 0.1) is 6.61 Å². The Hall–Kier alpha value is -1.09. The maximum absolute atomic E-state index is 11.0. The fourth-order valence-electron chi connectivity index (χ4n) is 0.853. The Balaban J connectivity index is 3.30. The summed E-state index contributed by atoms with van der Waals surface area (Å²) in [5.41, 5.74) is 5.26. The van der Waals surface area contributed by atoms with Crippen LogP contribution in [-0.2, 0) is 9.53 Å². The van der Waals surface area contributed by atoms with E-state index >= 15 is 0 Å². The first-order chi connectivity index (χ1) is 6.81. The number of esters is 1. The van der Waals surface area contributed by atoms with E-state index in [-0.39, 0.29) is 5.97 Å². The van der Waals surface area contributed by atoms with Crippen LogP contribution in [0.15, 0.2) is 24.8 Å². The topological polar surface area (TPSA) is 52.3 Å². The quantitative estimate of drug-likeness (QED) is 0.366. The third-order valence-electron chi connectivity index (χ3n) is 1.60. The van der Waals surface area contributed by atoms with Gasteiger partial charge < -0.3 is 10.5 Å². The second-order valence-corrected chi connectivity index (χ2v) is 2.90. The number of ether oxygens (including phenoxy) is 1. The molecule has 3 nitrogen and oxygen atoms in total. The van der Waals surface area contributed by atoms with Crippen LogP contribution in [0.1, 0.15) is 25.7 Å². The number of rotatable bonds is 8. The van der Waals surface area contributed by atoms with E-state index in [0.29, 0.717) is 19.6 Å². The number of allylic oxidation sites excluding steroid dienone is 3. The van der Waals surface area contributed by atoms with Gasteiger partial charge in [-0.15, -0.1) is 6.58 Å². The predicted octanol–water partition coefficient (Wildman–Crippen LogP) is 1.79. The van der Waals surface area contributed by atoms with Crippen LogP contribution in [0.2, 0.25) is 0 Å². The van der Waals surface area contributed by atoms with Crippen molar-refractivity contribution in [2.45, 2.75) is 25.7 Å². The van der Waals surface area contributed by atoms with Crippen molar-refractivity contribution in [2.75, 3.05) is 13.2 Å². The lowest BCUT2D eigenvalue weighted by molar-refractivity contribution is -0.143. The van der Waals surface area contributed by atoms with Crippen molar-refractivity contribution in [3.8, 4) is 0 Å². The highest BCUT2D eigenvalue weighted by molar-refractivity contribution is 5.69. The van der Waals surface area contributed by atoms with Gasteiger partial charge >= 0.3 is 5.97 Å². The fourth-order valence-corrected chi connectivity index (χ4v) is 0.853. The third kappa shape index (κ3) is 9.00. The molecule has 2 N–H and O–H groups in total. The SMILES string of the molecule is C=CC/C=C\CCC(=O)OCCCN. The summed E-state index contributed by atoms with van der Waals surface area (Å²) in [6.45, 7) is 4.59. The zero-order chi connectivity index (χ0) is 10.6. The van der Waals surface area contributed by atoms with Gasteiger partial charge in [0.15, 0.2) is 0 Å². The average Bonchev–Trinajstić information content (AvgIpc) is 2.18. The highest BCUT2D eigenvalue weighted by Crippen LogP contribution is 1.96. The van der Waals surface area contributed by atoms with Crippen LogP contribution in [-0.4, -0.2) is 19.1 Å². The van der Waals surface area contributed by atoms with Crippen molar-refractivity contribution in [3.63, 3.8) is 0 Å². The number of carbonyl (C=O) groups excluding carboxylic acids is 1. The molecule has 14 heavy (non-hydrogen) atoms. The molecule has 3 heteroatoms. The second-order valence-electron chi connectivity index (χ2n) is 2.90. The van der Waals surface area contributed by atoms with Gasteiger partial charge in [-0.25, -0.2) is 0 Å². The summed E-state index contributed by atoms with van der Waals surface area (Å²) in [7, 11) is 0. The minimum atomic E-state index is -0.151. The Kier molecular flexibility index (Phi) is 9.22. The van der Waals surface area contributed by atoms with Crippen molar-refractivity contribution >= 4 is 5.97 Å². The standard InChI is InChI=1S/C11H19NO2/c1-2-3-4-5-6-8-11(13)14-10-7-9-12/h2,4-5H,1,3,6-10,12H2/b5-4-. The fraction of sp³-hybridized carbons (Fsp3) is 0.545. The third-order valence-corrected chi connectivity index (χ3v) is 1.60. The molecule has 80 valence electrons. The van der Waals surface area contributed by atoms with E-state index in [1.807, 2.05) is 18.2 Å². The number of nitrogens with two attached hydrogens (primary N) is 1. The minimum absolute atomic E-state index is 0.151. The molecule has 0 aliphatic carbocycles. The molecule has 0 aromatic heterocycles. The normalized spacial score (nSPS) is 10.4. The number of carbonyl (C=O) groups is 1. The van der Waals surface area contributed by atoms with E-state index in [1.165, 1.54) is 0 Å². The van der Waals surface area contributed by atoms with E-state index < -0.39 is 0 Å². The Morgan fingerprint density at radius 2 is 2.21 bits per heavy atom. The van der Waals surface area contributed by atoms with Crippen LogP contribution >= 0.6 is 0 Å². The summed E-state index contributed by atoms with van der Waals surface area (Å²) >= 11 is 0. The average molecular weight is 197 g/mol. The molecule has 0 heterocycles. The summed E-state index contributed by atoms with van der Waals surface area (Å²) in [5.74, 6) is -0.151. The van der Waals surface area contributed by atoms with Crippen LogP contribution in [0.4, 0.5) is 0 Å². The second kappa shape index (κ2) is 9.99. The highest BCUT2D eigenvalue weighted by atomic mass is 16.5. The molecule has 0 spiro atoms. The molecule has 0 aromatic carbocycles. The first kappa shape index (κ1) is 12.9. The Labute approximate surface area is 85.6 Å². The minimum Gasteiger partial charge on any atom is -0.466 e. The van der Waals surface area contributed by atoms with Crippen molar-refractivity contribution in [1.29, 1.82) is 0 Å². The van der Waals surface area contributed by atoms with Gasteiger partial charge in [0, 0.05) is 6.42 Å². The van der Waals surface area contributed by atoms with Gasteiger partial charge in [0.25, 0.3) is 0 Å². The largest absolute Gasteiger partial charge is 0.466 e. The molecule has 0 unspecified atom stereocenters. The van der Waals surface area contributed by atoms with Gasteiger partial charge in [-0.05, 0) is 25.8 Å². The summed E-state index contributed by atoms with van der Waals surface area (Å²) in [6.07, 6.45) is 8.52. The van der Waals surface area contributed by atoms with E-state index in [1.54, 1.807) is 0 Å². The first-order valence-electron chi connectivity index (χ1n) is 4.93. The molecule has 0 saturated carbocycles. The van der Waals surface area contributed by atoms with E-state index in [9.17, 15) is 4.79 Å². The molecular formula is C11H19NO2. The maximum Gasteiger partial charge on any atom is 0.306 e. The predicted molar refractivity (Wildman–Crippen MR) is 57.8 cm³/mol. The lowest BCUT2D eigenvalue weighted by atomic mass is 10.2. The first-order valence-corrected chi connectivity index (χ1v) is 4.93. The Morgan fingerprint density at radius 1 is 1.43 bits per heavy atom. The molecule has 0 bridgehead atoms. The van der Waals surface area contributed by atoms with E-state index in [4.69, 9.17) is 10.5 Å². The molecule has 0 aromatic rings. The molecule has 0 radical (unpaired) electrons. The lowest BCUT2D eigenvalue weighted by Crippen LogP contribution is -2.09. The molecule has 0 amide bonds. The van der Waals surface area contributed by atoms with Gasteiger partial charge in [-0.1, -0.05) is 18.2 Å². The summed E-state index contributed by atoms with van der Waals surface area (Å²) in [5, 5.41) is 0. The molecule has 0 saturated heterocycles. The molecule has 0 fully saturated rings. The molecule has 0 rings (SSSR count). The number of hydrogen-bond acceptors (Lipinski definition) is 3. The van der Waals surface area contributed by atoms with E-state index in [0.717, 1.165) is 19.3 Å². The van der Waals surface area contributed by atoms with Crippen LogP contribution in [0.25, 0.3) is 0 Å². The van der Waals surface area contributed by atoms with Crippen LogP contribution < -0.4 is 5.73 Å². The van der Waals surface area contributed by atoms with Gasteiger partial charge in [0.1, 0.15) is 0 Å². The zero-order valence-electron chi connectivity index (χ0n) is 8.58. The summed E-state index contributed by atoms with van der Waals surface area (Å²) in [6, 6.07) is 0. The Bertz CT molecular complexity index is 188. The smallest absolute Gasteiger partial charge is 0.306 e. The van der Waals surface area contributed by atoms with Crippen LogP contribution in [0.3, 0.4) is 0 Å². The number of hydrogen-bond donors (Lipinski definition) is 1. The molecule has 0 aliphatic rings. The van der Waals surface area contributed by atoms with Crippen molar-refractivity contribution in [2.24, 2.45) is 5.73 Å². The highest BCUT2D eigenvalue weighted by Gasteiger charge is 1.99. The van der Waals surface area contributed by atoms with Crippen LogP contribution in [0.5, 0.6) is 0 Å². The monoisotopic (exact) mass is 197 g/mol. The maximum atomic E-state index is 11.0. The summed E-state index contributed by atoms with van der Waals surface area (Å²) in [4.78, 5) is 11.0. The lowest BCUT2D eigenvalue weighted by Gasteiger charge is -2.01. The van der Waals surface area contributed by atoms with Gasteiger partial charge in [-0.3, -0.25) is 4.79 Å². The van der Waals surface area contributed by atoms with Crippen molar-refractivity contribution in [1.82, 2.24) is 0 Å². The zero-order valence-corrected chi connectivity index (χ0v) is 8.58. The van der Waals surface area contributed by atoms with Crippen molar-refractivity contribution < 1.29 is 9.53 Å². The summed E-state index contributed by atoms with van der Waals surface area (Å²) < 4.78 is 4.92.